The Morgan fingerprint density at radius 1 is 1.42 bits per heavy atom. The van der Waals surface area contributed by atoms with Crippen molar-refractivity contribution in [3.8, 4) is 0 Å². The van der Waals surface area contributed by atoms with E-state index in [1.54, 1.807) is 0 Å². The monoisotopic (exact) mass is 171 g/mol. The van der Waals surface area contributed by atoms with Gasteiger partial charge in [0.05, 0.1) is 6.04 Å². The Hall–Kier alpha value is -1.10. The van der Waals surface area contributed by atoms with Gasteiger partial charge in [0.15, 0.2) is 0 Å². The van der Waals surface area contributed by atoms with Gasteiger partial charge < -0.3 is 11.5 Å². The summed E-state index contributed by atoms with van der Waals surface area (Å²) in [6, 6.07) is -0.177. The van der Waals surface area contributed by atoms with Crippen LogP contribution in [0.5, 0.6) is 0 Å². The van der Waals surface area contributed by atoms with Crippen molar-refractivity contribution in [2.45, 2.75) is 18.9 Å². The summed E-state index contributed by atoms with van der Waals surface area (Å²) < 4.78 is 0. The number of rotatable bonds is 4. The molecule has 2 amide bonds. The first kappa shape index (κ1) is 8.99. The Morgan fingerprint density at radius 3 is 2.42 bits per heavy atom. The number of nitrogens with zero attached hydrogens (tertiary/aromatic N) is 1. The fourth-order valence-corrected chi connectivity index (χ4v) is 1.28. The highest BCUT2D eigenvalue weighted by Gasteiger charge is 2.31. The van der Waals surface area contributed by atoms with Gasteiger partial charge in [0, 0.05) is 19.5 Å². The highest BCUT2D eigenvalue weighted by molar-refractivity contribution is 5.81. The maximum atomic E-state index is 10.7. The van der Waals surface area contributed by atoms with Gasteiger partial charge in [-0.1, -0.05) is 0 Å². The molecule has 1 fully saturated rings. The summed E-state index contributed by atoms with van der Waals surface area (Å²) in [5, 5.41) is 0. The Labute approximate surface area is 70.7 Å². The lowest BCUT2D eigenvalue weighted by Gasteiger charge is -2.38. The number of amides is 2. The molecule has 4 N–H and O–H groups in total. The van der Waals surface area contributed by atoms with Crippen LogP contribution in [0.25, 0.3) is 0 Å². The number of primary amides is 2. The number of hydrogen-bond donors (Lipinski definition) is 2. The molecule has 1 saturated heterocycles. The second kappa shape index (κ2) is 3.53. The molecule has 1 aliphatic rings. The molecular formula is C7H13N3O2. The third-order valence-electron chi connectivity index (χ3n) is 2.10. The van der Waals surface area contributed by atoms with Crippen LogP contribution < -0.4 is 11.5 Å². The third-order valence-corrected chi connectivity index (χ3v) is 2.10. The van der Waals surface area contributed by atoms with E-state index in [2.05, 4.69) is 0 Å². The van der Waals surface area contributed by atoms with E-state index in [0.717, 1.165) is 13.0 Å². The third kappa shape index (κ3) is 1.94. The largest absolute Gasteiger partial charge is 0.370 e. The Balaban J connectivity index is 2.25. The van der Waals surface area contributed by atoms with Crippen LogP contribution >= 0.6 is 0 Å². The summed E-state index contributed by atoms with van der Waals surface area (Å²) in [6.45, 7) is 1.38. The molecule has 0 aliphatic carbocycles. The lowest BCUT2D eigenvalue weighted by molar-refractivity contribution is -0.128. The van der Waals surface area contributed by atoms with E-state index in [-0.39, 0.29) is 17.9 Å². The Kier molecular flexibility index (Phi) is 2.65. The normalized spacial score (nSPS) is 23.2. The first-order valence-electron chi connectivity index (χ1n) is 3.93. The molecule has 1 atom stereocenters. The second-order valence-corrected chi connectivity index (χ2v) is 2.96. The minimum Gasteiger partial charge on any atom is -0.370 e. The predicted molar refractivity (Wildman–Crippen MR) is 43.0 cm³/mol. The predicted octanol–water partition coefficient (Wildman–Crippen LogP) is -1.58. The number of carbonyl (C=O) groups is 2. The summed E-state index contributed by atoms with van der Waals surface area (Å²) >= 11 is 0. The average molecular weight is 171 g/mol. The van der Waals surface area contributed by atoms with Gasteiger partial charge in [-0.2, -0.15) is 0 Å². The van der Waals surface area contributed by atoms with Crippen molar-refractivity contribution >= 4 is 11.8 Å². The molecule has 0 saturated carbocycles. The lowest BCUT2D eigenvalue weighted by Crippen LogP contribution is -2.55. The molecule has 68 valence electrons. The van der Waals surface area contributed by atoms with E-state index in [1.165, 1.54) is 0 Å². The molecule has 1 heterocycles. The molecule has 0 aromatic carbocycles. The molecule has 0 radical (unpaired) electrons. The molecule has 0 aromatic heterocycles. The summed E-state index contributed by atoms with van der Waals surface area (Å²) in [4.78, 5) is 23.0. The van der Waals surface area contributed by atoms with Crippen molar-refractivity contribution in [3.05, 3.63) is 0 Å². The van der Waals surface area contributed by atoms with Crippen LogP contribution in [0.4, 0.5) is 0 Å². The molecule has 12 heavy (non-hydrogen) atoms. The Bertz CT molecular complexity index is 205. The fourth-order valence-electron chi connectivity index (χ4n) is 1.28. The molecule has 0 bridgehead atoms. The van der Waals surface area contributed by atoms with Crippen molar-refractivity contribution in [2.24, 2.45) is 11.5 Å². The minimum atomic E-state index is -0.342. The van der Waals surface area contributed by atoms with E-state index in [0.29, 0.717) is 13.0 Å². The summed E-state index contributed by atoms with van der Waals surface area (Å²) in [7, 11) is 0. The van der Waals surface area contributed by atoms with E-state index in [4.69, 9.17) is 11.5 Å². The van der Waals surface area contributed by atoms with E-state index in [1.807, 2.05) is 4.90 Å². The smallest absolute Gasteiger partial charge is 0.234 e. The van der Waals surface area contributed by atoms with Gasteiger partial charge in [0.2, 0.25) is 11.8 Å². The van der Waals surface area contributed by atoms with Crippen molar-refractivity contribution < 1.29 is 9.59 Å². The topological polar surface area (TPSA) is 89.4 Å². The first-order valence-corrected chi connectivity index (χ1v) is 3.93. The SMILES string of the molecule is NC(=O)CCN1CCC1C(N)=O. The minimum absolute atomic E-state index is 0.177. The van der Waals surface area contributed by atoms with Crippen molar-refractivity contribution in [3.63, 3.8) is 0 Å². The van der Waals surface area contributed by atoms with E-state index in [9.17, 15) is 9.59 Å². The van der Waals surface area contributed by atoms with Gasteiger partial charge in [-0.25, -0.2) is 0 Å². The van der Waals surface area contributed by atoms with Crippen LogP contribution in [-0.2, 0) is 9.59 Å². The van der Waals surface area contributed by atoms with Gasteiger partial charge in [-0.3, -0.25) is 14.5 Å². The molecule has 1 rings (SSSR count). The van der Waals surface area contributed by atoms with Crippen molar-refractivity contribution in [1.82, 2.24) is 4.90 Å². The van der Waals surface area contributed by atoms with Crippen LogP contribution in [-0.4, -0.2) is 35.8 Å². The zero-order valence-corrected chi connectivity index (χ0v) is 6.82. The quantitative estimate of drug-likeness (QED) is 0.535. The van der Waals surface area contributed by atoms with Crippen LogP contribution in [0, 0.1) is 0 Å². The fraction of sp³-hybridized carbons (Fsp3) is 0.714. The molecule has 0 spiro atoms. The lowest BCUT2D eigenvalue weighted by atomic mass is 10.0. The zero-order chi connectivity index (χ0) is 9.14. The van der Waals surface area contributed by atoms with Gasteiger partial charge in [-0.05, 0) is 6.42 Å². The van der Waals surface area contributed by atoms with Crippen LogP contribution in [0.1, 0.15) is 12.8 Å². The van der Waals surface area contributed by atoms with E-state index >= 15 is 0 Å². The maximum Gasteiger partial charge on any atom is 0.234 e. The molecule has 5 heteroatoms. The average Bonchev–Trinajstić information content (AvgIpc) is 1.82. The standard InChI is InChI=1S/C7H13N3O2/c8-6(11)2-4-10-3-1-5(10)7(9)12/h5H,1-4H2,(H2,8,11)(H2,9,12). The summed E-state index contributed by atoms with van der Waals surface area (Å²) in [5.41, 5.74) is 10.1. The number of likely N-dealkylation sites (tertiary alicyclic amines) is 1. The highest BCUT2D eigenvalue weighted by Crippen LogP contribution is 2.16. The number of hydrogen-bond acceptors (Lipinski definition) is 3. The summed E-state index contributed by atoms with van der Waals surface area (Å²) in [6.07, 6.45) is 1.10. The summed E-state index contributed by atoms with van der Waals surface area (Å²) in [5.74, 6) is -0.657. The van der Waals surface area contributed by atoms with Gasteiger partial charge in [0.1, 0.15) is 0 Å². The molecule has 1 unspecified atom stereocenters. The molecule has 0 aromatic rings. The molecule has 1 aliphatic heterocycles. The first-order chi connectivity index (χ1) is 5.61. The molecular weight excluding hydrogens is 158 g/mol. The Morgan fingerprint density at radius 2 is 2.08 bits per heavy atom. The zero-order valence-electron chi connectivity index (χ0n) is 6.82. The van der Waals surface area contributed by atoms with Gasteiger partial charge in [-0.15, -0.1) is 0 Å². The number of nitrogens with two attached hydrogens (primary N) is 2. The highest BCUT2D eigenvalue weighted by atomic mass is 16.2. The van der Waals surface area contributed by atoms with E-state index < -0.39 is 0 Å². The second-order valence-electron chi connectivity index (χ2n) is 2.96. The van der Waals surface area contributed by atoms with Crippen LogP contribution in [0.2, 0.25) is 0 Å². The van der Waals surface area contributed by atoms with Crippen LogP contribution in [0.15, 0.2) is 0 Å². The number of carbonyl (C=O) groups excluding carboxylic acids is 2. The van der Waals surface area contributed by atoms with Crippen molar-refractivity contribution in [1.29, 1.82) is 0 Å². The molecule has 5 nitrogen and oxygen atoms in total. The van der Waals surface area contributed by atoms with Gasteiger partial charge in [0.25, 0.3) is 0 Å². The van der Waals surface area contributed by atoms with Crippen molar-refractivity contribution in [2.75, 3.05) is 13.1 Å². The van der Waals surface area contributed by atoms with Gasteiger partial charge >= 0.3 is 0 Å². The maximum absolute atomic E-state index is 10.7. The van der Waals surface area contributed by atoms with Crippen LogP contribution in [0.3, 0.4) is 0 Å².